The number of nitrogens with zero attached hydrogens (tertiary/aromatic N) is 4. The van der Waals surface area contributed by atoms with Crippen LogP contribution in [0.2, 0.25) is 0 Å². The lowest BCUT2D eigenvalue weighted by Crippen LogP contribution is -2.16. The quantitative estimate of drug-likeness (QED) is 0.278. The number of hydrogen-bond donors (Lipinski definition) is 1. The first-order valence-electron chi connectivity index (χ1n) is 10.3. The standard InChI is InChI=1S/C24H25N5OS/c1-3-10-20(11-4-1)19-30-23-15-8-7-12-21(23)18-25-16-9-17-31-24-26-27-28-29(24)22-13-5-2-6-14-22/h1-8,10-15,25H,9,16-19H2. The highest BCUT2D eigenvalue weighted by molar-refractivity contribution is 7.99. The van der Waals surface area contributed by atoms with Gasteiger partial charge in [0, 0.05) is 17.9 Å². The Hall–Kier alpha value is -3.16. The fraction of sp³-hybridized carbons (Fsp3) is 0.208. The second kappa shape index (κ2) is 11.3. The molecule has 0 saturated heterocycles. The summed E-state index contributed by atoms with van der Waals surface area (Å²) in [6, 6.07) is 28.4. The summed E-state index contributed by atoms with van der Waals surface area (Å²) in [4.78, 5) is 0. The molecule has 0 saturated carbocycles. The molecular formula is C24H25N5OS. The van der Waals surface area contributed by atoms with Crippen LogP contribution >= 0.6 is 11.8 Å². The van der Waals surface area contributed by atoms with Crippen LogP contribution in [0.15, 0.2) is 90.1 Å². The Morgan fingerprint density at radius 1 is 0.871 bits per heavy atom. The maximum Gasteiger partial charge on any atom is 0.214 e. The van der Waals surface area contributed by atoms with Gasteiger partial charge in [0.25, 0.3) is 0 Å². The maximum absolute atomic E-state index is 6.04. The molecular weight excluding hydrogens is 406 g/mol. The van der Waals surface area contributed by atoms with Crippen molar-refractivity contribution in [3.05, 3.63) is 96.1 Å². The van der Waals surface area contributed by atoms with Gasteiger partial charge in [0.2, 0.25) is 5.16 Å². The first-order chi connectivity index (χ1) is 15.4. The summed E-state index contributed by atoms with van der Waals surface area (Å²) in [5.74, 6) is 1.86. The van der Waals surface area contributed by atoms with E-state index in [1.807, 2.05) is 66.7 Å². The molecule has 1 aromatic heterocycles. The number of nitrogens with one attached hydrogen (secondary N) is 1. The lowest BCUT2D eigenvalue weighted by molar-refractivity contribution is 0.302. The summed E-state index contributed by atoms with van der Waals surface area (Å²) < 4.78 is 7.81. The zero-order valence-electron chi connectivity index (χ0n) is 17.2. The second-order valence-corrected chi connectivity index (χ2v) is 8.03. The van der Waals surface area contributed by atoms with Crippen LogP contribution in [0.1, 0.15) is 17.5 Å². The second-order valence-electron chi connectivity index (χ2n) is 6.97. The average molecular weight is 432 g/mol. The molecule has 31 heavy (non-hydrogen) atoms. The average Bonchev–Trinajstić information content (AvgIpc) is 3.30. The molecule has 0 aliphatic heterocycles. The molecule has 1 heterocycles. The van der Waals surface area contributed by atoms with E-state index in [4.69, 9.17) is 4.74 Å². The van der Waals surface area contributed by atoms with E-state index in [1.165, 1.54) is 11.1 Å². The summed E-state index contributed by atoms with van der Waals surface area (Å²) in [5.41, 5.74) is 3.31. The molecule has 3 aromatic carbocycles. The molecule has 158 valence electrons. The highest BCUT2D eigenvalue weighted by atomic mass is 32.2. The highest BCUT2D eigenvalue weighted by Crippen LogP contribution is 2.20. The largest absolute Gasteiger partial charge is 0.489 e. The number of hydrogen-bond acceptors (Lipinski definition) is 6. The third kappa shape index (κ3) is 6.16. The first-order valence-corrected chi connectivity index (χ1v) is 11.3. The van der Waals surface area contributed by atoms with Crippen LogP contribution < -0.4 is 10.1 Å². The van der Waals surface area contributed by atoms with E-state index in [2.05, 4.69) is 39.0 Å². The van der Waals surface area contributed by atoms with Crippen LogP contribution in [-0.4, -0.2) is 32.5 Å². The third-order valence-electron chi connectivity index (χ3n) is 4.70. The number of tetrazole rings is 1. The van der Waals surface area contributed by atoms with Gasteiger partial charge in [-0.05, 0) is 47.2 Å². The Morgan fingerprint density at radius 2 is 1.61 bits per heavy atom. The fourth-order valence-corrected chi connectivity index (χ4v) is 3.94. The lowest BCUT2D eigenvalue weighted by atomic mass is 10.2. The molecule has 0 fully saturated rings. The van der Waals surface area contributed by atoms with Gasteiger partial charge in [-0.25, -0.2) is 0 Å². The zero-order chi connectivity index (χ0) is 21.1. The Bertz CT molecular complexity index is 1060. The van der Waals surface area contributed by atoms with Gasteiger partial charge in [-0.15, -0.1) is 5.10 Å². The molecule has 0 radical (unpaired) electrons. The van der Waals surface area contributed by atoms with Crippen molar-refractivity contribution in [1.82, 2.24) is 25.5 Å². The van der Waals surface area contributed by atoms with Crippen LogP contribution in [0.25, 0.3) is 5.69 Å². The van der Waals surface area contributed by atoms with Crippen molar-refractivity contribution in [1.29, 1.82) is 0 Å². The van der Waals surface area contributed by atoms with Gasteiger partial charge in [-0.2, -0.15) is 4.68 Å². The molecule has 0 spiro atoms. The van der Waals surface area contributed by atoms with E-state index in [0.717, 1.165) is 41.9 Å². The minimum absolute atomic E-state index is 0.574. The van der Waals surface area contributed by atoms with Gasteiger partial charge < -0.3 is 10.1 Å². The van der Waals surface area contributed by atoms with Crippen LogP contribution in [0.4, 0.5) is 0 Å². The number of benzene rings is 3. The lowest BCUT2D eigenvalue weighted by Gasteiger charge is -2.12. The van der Waals surface area contributed by atoms with Gasteiger partial charge in [0.15, 0.2) is 0 Å². The fourth-order valence-electron chi connectivity index (χ4n) is 3.11. The summed E-state index contributed by atoms with van der Waals surface area (Å²) in [6.45, 7) is 2.26. The van der Waals surface area contributed by atoms with E-state index in [1.54, 1.807) is 16.4 Å². The van der Waals surface area contributed by atoms with Gasteiger partial charge in [0.1, 0.15) is 12.4 Å². The van der Waals surface area contributed by atoms with Gasteiger partial charge in [0.05, 0.1) is 5.69 Å². The van der Waals surface area contributed by atoms with Gasteiger partial charge in [-0.3, -0.25) is 0 Å². The molecule has 4 rings (SSSR count). The monoisotopic (exact) mass is 431 g/mol. The highest BCUT2D eigenvalue weighted by Gasteiger charge is 2.08. The third-order valence-corrected chi connectivity index (χ3v) is 5.70. The molecule has 7 heteroatoms. The van der Waals surface area contributed by atoms with Gasteiger partial charge in [-0.1, -0.05) is 78.5 Å². The van der Waals surface area contributed by atoms with Crippen LogP contribution in [0.3, 0.4) is 0 Å². The van der Waals surface area contributed by atoms with E-state index < -0.39 is 0 Å². The SMILES string of the molecule is c1ccc(COc2ccccc2CNCCCSc2nnnn2-c2ccccc2)cc1. The Balaban J connectivity index is 1.20. The summed E-state index contributed by atoms with van der Waals surface area (Å²) in [7, 11) is 0. The number of rotatable bonds is 11. The molecule has 0 aliphatic rings. The van der Waals surface area contributed by atoms with E-state index in [-0.39, 0.29) is 0 Å². The minimum Gasteiger partial charge on any atom is -0.489 e. The van der Waals surface area contributed by atoms with Crippen molar-refractivity contribution in [3.63, 3.8) is 0 Å². The maximum atomic E-state index is 6.04. The van der Waals surface area contributed by atoms with Crippen molar-refractivity contribution in [2.24, 2.45) is 0 Å². The Kier molecular flexibility index (Phi) is 7.68. The van der Waals surface area contributed by atoms with E-state index in [9.17, 15) is 0 Å². The van der Waals surface area contributed by atoms with E-state index in [0.29, 0.717) is 6.61 Å². The molecule has 6 nitrogen and oxygen atoms in total. The predicted octanol–water partition coefficient (Wildman–Crippen LogP) is 4.51. The van der Waals surface area contributed by atoms with Crippen LogP contribution in [-0.2, 0) is 13.2 Å². The van der Waals surface area contributed by atoms with Crippen molar-refractivity contribution in [2.45, 2.75) is 24.7 Å². The topological polar surface area (TPSA) is 64.9 Å². The number of thioether (sulfide) groups is 1. The summed E-state index contributed by atoms with van der Waals surface area (Å²) in [5, 5.41) is 16.4. The van der Waals surface area contributed by atoms with Crippen molar-refractivity contribution in [3.8, 4) is 11.4 Å². The summed E-state index contributed by atoms with van der Waals surface area (Å²) in [6.07, 6.45) is 1.01. The zero-order valence-corrected chi connectivity index (χ0v) is 18.0. The van der Waals surface area contributed by atoms with Gasteiger partial charge >= 0.3 is 0 Å². The van der Waals surface area contributed by atoms with Crippen molar-refractivity contribution < 1.29 is 4.74 Å². The molecule has 0 atom stereocenters. The summed E-state index contributed by atoms with van der Waals surface area (Å²) >= 11 is 1.67. The number of para-hydroxylation sites is 2. The van der Waals surface area contributed by atoms with Crippen LogP contribution in [0.5, 0.6) is 5.75 Å². The molecule has 1 N–H and O–H groups in total. The number of ether oxygens (including phenoxy) is 1. The molecule has 0 amide bonds. The Morgan fingerprint density at radius 3 is 2.45 bits per heavy atom. The smallest absolute Gasteiger partial charge is 0.214 e. The van der Waals surface area contributed by atoms with Crippen LogP contribution in [0, 0.1) is 0 Å². The normalized spacial score (nSPS) is 10.8. The molecule has 0 unspecified atom stereocenters. The minimum atomic E-state index is 0.574. The Labute approximate surface area is 186 Å². The number of aromatic nitrogens is 4. The molecule has 0 aliphatic carbocycles. The molecule has 0 bridgehead atoms. The molecule has 4 aromatic rings. The first kappa shape index (κ1) is 21.1. The van der Waals surface area contributed by atoms with Crippen molar-refractivity contribution in [2.75, 3.05) is 12.3 Å². The van der Waals surface area contributed by atoms with E-state index >= 15 is 0 Å². The predicted molar refractivity (Wildman–Crippen MR) is 123 cm³/mol. The van der Waals surface area contributed by atoms with Crippen molar-refractivity contribution >= 4 is 11.8 Å².